The van der Waals surface area contributed by atoms with Gasteiger partial charge in [0.1, 0.15) is 0 Å². The largest absolute Gasteiger partial charge is 0.294 e. The van der Waals surface area contributed by atoms with E-state index in [2.05, 4.69) is 6.07 Å². The maximum Gasteiger partial charge on any atom is 0.168 e. The molecule has 0 amide bonds. The van der Waals surface area contributed by atoms with Crippen LogP contribution in [0.1, 0.15) is 36.7 Å². The number of carbonyl (C=O) groups excluding carboxylic acids is 1. The number of carbonyl (C=O) groups is 1. The summed E-state index contributed by atoms with van der Waals surface area (Å²) in [6, 6.07) is 17.1. The molecule has 0 heterocycles. The summed E-state index contributed by atoms with van der Waals surface area (Å²) in [5.74, 6) is 0.132. The van der Waals surface area contributed by atoms with Crippen LogP contribution < -0.4 is 0 Å². The van der Waals surface area contributed by atoms with Crippen LogP contribution in [0.5, 0.6) is 0 Å². The first-order chi connectivity index (χ1) is 9.41. The highest BCUT2D eigenvalue weighted by molar-refractivity contribution is 6.00. The lowest BCUT2D eigenvalue weighted by Crippen LogP contribution is -2.20. The Kier molecular flexibility index (Phi) is 3.72. The van der Waals surface area contributed by atoms with Gasteiger partial charge in [-0.05, 0) is 29.3 Å². The molecule has 0 unspecified atom stereocenters. The molecule has 0 N–H and O–H groups in total. The van der Waals surface area contributed by atoms with Crippen LogP contribution >= 0.6 is 0 Å². The van der Waals surface area contributed by atoms with Crippen molar-refractivity contribution in [2.45, 2.75) is 20.8 Å². The van der Waals surface area contributed by atoms with Crippen molar-refractivity contribution in [3.05, 3.63) is 59.7 Å². The van der Waals surface area contributed by atoms with Crippen molar-refractivity contribution in [3.63, 3.8) is 0 Å². The van der Waals surface area contributed by atoms with E-state index in [0.29, 0.717) is 5.56 Å². The maximum atomic E-state index is 12.3. The fourth-order valence-corrected chi connectivity index (χ4v) is 2.01. The highest BCUT2D eigenvalue weighted by Gasteiger charge is 2.22. The van der Waals surface area contributed by atoms with Gasteiger partial charge in [0, 0.05) is 11.0 Å². The molecule has 0 spiro atoms. The first kappa shape index (κ1) is 14.0. The van der Waals surface area contributed by atoms with Gasteiger partial charge in [0.05, 0.1) is 11.6 Å². The number of nitrogens with zero attached hydrogens (tertiary/aromatic N) is 1. The van der Waals surface area contributed by atoms with E-state index >= 15 is 0 Å². The SMILES string of the molecule is CC(C)(C)C(=O)c1cccc(-c2ccc(C#N)cc2)c1. The van der Waals surface area contributed by atoms with E-state index in [1.54, 1.807) is 12.1 Å². The van der Waals surface area contributed by atoms with Gasteiger partial charge in [-0.25, -0.2) is 0 Å². The molecule has 0 aliphatic rings. The Hall–Kier alpha value is -2.40. The predicted octanol–water partition coefficient (Wildman–Crippen LogP) is 4.45. The van der Waals surface area contributed by atoms with E-state index < -0.39 is 0 Å². The van der Waals surface area contributed by atoms with Crippen LogP contribution in [0.25, 0.3) is 11.1 Å². The van der Waals surface area contributed by atoms with Crippen molar-refractivity contribution in [1.82, 2.24) is 0 Å². The molecule has 0 saturated heterocycles. The summed E-state index contributed by atoms with van der Waals surface area (Å²) in [5.41, 5.74) is 2.97. The Labute approximate surface area is 119 Å². The van der Waals surface area contributed by atoms with Gasteiger partial charge in [0.25, 0.3) is 0 Å². The Morgan fingerprint density at radius 3 is 2.20 bits per heavy atom. The fraction of sp³-hybridized carbons (Fsp3) is 0.222. The Morgan fingerprint density at radius 1 is 1.00 bits per heavy atom. The topological polar surface area (TPSA) is 40.9 Å². The smallest absolute Gasteiger partial charge is 0.168 e. The second-order valence-corrected chi connectivity index (χ2v) is 5.85. The summed E-state index contributed by atoms with van der Waals surface area (Å²) in [4.78, 5) is 12.3. The molecule has 0 bridgehead atoms. The molecule has 2 heteroatoms. The molecular formula is C18H17NO. The van der Waals surface area contributed by atoms with Gasteiger partial charge in [-0.1, -0.05) is 51.1 Å². The Balaban J connectivity index is 2.39. The number of rotatable bonds is 2. The van der Waals surface area contributed by atoms with Gasteiger partial charge in [-0.3, -0.25) is 4.79 Å². The molecule has 0 saturated carbocycles. The van der Waals surface area contributed by atoms with Crippen LogP contribution in [0.3, 0.4) is 0 Å². The fourth-order valence-electron chi connectivity index (χ4n) is 2.01. The molecule has 0 aliphatic heterocycles. The van der Waals surface area contributed by atoms with Gasteiger partial charge in [-0.15, -0.1) is 0 Å². The maximum absolute atomic E-state index is 12.3. The average Bonchev–Trinajstić information content (AvgIpc) is 2.46. The molecule has 2 rings (SSSR count). The normalized spacial score (nSPS) is 10.9. The minimum atomic E-state index is -0.386. The molecule has 0 atom stereocenters. The third kappa shape index (κ3) is 2.95. The number of ketones is 1. The van der Waals surface area contributed by atoms with Crippen LogP contribution in [0.2, 0.25) is 0 Å². The molecular weight excluding hydrogens is 246 g/mol. The lowest BCUT2D eigenvalue weighted by atomic mass is 9.85. The highest BCUT2D eigenvalue weighted by Crippen LogP contribution is 2.25. The van der Waals surface area contributed by atoms with Crippen molar-refractivity contribution in [3.8, 4) is 17.2 Å². The summed E-state index contributed by atoms with van der Waals surface area (Å²) < 4.78 is 0. The van der Waals surface area contributed by atoms with Gasteiger partial charge in [-0.2, -0.15) is 5.26 Å². The van der Waals surface area contributed by atoms with Gasteiger partial charge in [0.15, 0.2) is 5.78 Å². The number of benzene rings is 2. The van der Waals surface area contributed by atoms with Crippen molar-refractivity contribution < 1.29 is 4.79 Å². The lowest BCUT2D eigenvalue weighted by molar-refractivity contribution is 0.0858. The standard InChI is InChI=1S/C18H17NO/c1-18(2,3)17(20)16-6-4-5-15(11-16)14-9-7-13(12-19)8-10-14/h4-11H,1-3H3. The molecule has 2 aromatic carbocycles. The van der Waals surface area contributed by atoms with Gasteiger partial charge in [0.2, 0.25) is 0 Å². The minimum absolute atomic E-state index is 0.132. The Morgan fingerprint density at radius 2 is 1.65 bits per heavy atom. The molecule has 2 aromatic rings. The minimum Gasteiger partial charge on any atom is -0.294 e. The van der Waals surface area contributed by atoms with Crippen LogP contribution in [-0.4, -0.2) is 5.78 Å². The second kappa shape index (κ2) is 5.30. The summed E-state index contributed by atoms with van der Waals surface area (Å²) in [6.45, 7) is 5.76. The molecule has 100 valence electrons. The zero-order valence-electron chi connectivity index (χ0n) is 12.0. The van der Waals surface area contributed by atoms with Crippen LogP contribution in [0.4, 0.5) is 0 Å². The zero-order chi connectivity index (χ0) is 14.8. The van der Waals surface area contributed by atoms with Crippen molar-refractivity contribution in [2.24, 2.45) is 5.41 Å². The number of Topliss-reactive ketones (excluding diaryl/α,β-unsaturated/α-hetero) is 1. The Bertz CT molecular complexity index is 670. The van der Waals surface area contributed by atoms with Gasteiger partial charge >= 0.3 is 0 Å². The zero-order valence-corrected chi connectivity index (χ0v) is 12.0. The van der Waals surface area contributed by atoms with Gasteiger partial charge < -0.3 is 0 Å². The third-order valence-electron chi connectivity index (χ3n) is 3.15. The highest BCUT2D eigenvalue weighted by atomic mass is 16.1. The number of nitriles is 1. The summed E-state index contributed by atoms with van der Waals surface area (Å²) in [5, 5.41) is 8.81. The van der Waals surface area contributed by atoms with Crippen LogP contribution in [0, 0.1) is 16.7 Å². The predicted molar refractivity (Wildman–Crippen MR) is 80.4 cm³/mol. The molecule has 0 fully saturated rings. The summed E-state index contributed by atoms with van der Waals surface area (Å²) in [7, 11) is 0. The third-order valence-corrected chi connectivity index (χ3v) is 3.15. The summed E-state index contributed by atoms with van der Waals surface area (Å²) in [6.07, 6.45) is 0. The molecule has 0 radical (unpaired) electrons. The first-order valence-corrected chi connectivity index (χ1v) is 6.57. The quantitative estimate of drug-likeness (QED) is 0.751. The molecule has 0 aromatic heterocycles. The van der Waals surface area contributed by atoms with Crippen molar-refractivity contribution in [1.29, 1.82) is 5.26 Å². The van der Waals surface area contributed by atoms with E-state index in [9.17, 15) is 4.79 Å². The van der Waals surface area contributed by atoms with E-state index in [4.69, 9.17) is 5.26 Å². The first-order valence-electron chi connectivity index (χ1n) is 6.57. The second-order valence-electron chi connectivity index (χ2n) is 5.85. The van der Waals surface area contributed by atoms with Crippen molar-refractivity contribution >= 4 is 5.78 Å². The molecule has 20 heavy (non-hydrogen) atoms. The van der Waals surface area contributed by atoms with E-state index in [1.807, 2.05) is 57.2 Å². The van der Waals surface area contributed by atoms with E-state index in [0.717, 1.165) is 16.7 Å². The molecule has 2 nitrogen and oxygen atoms in total. The van der Waals surface area contributed by atoms with Crippen molar-refractivity contribution in [2.75, 3.05) is 0 Å². The number of hydrogen-bond donors (Lipinski definition) is 0. The van der Waals surface area contributed by atoms with E-state index in [-0.39, 0.29) is 11.2 Å². The monoisotopic (exact) mass is 263 g/mol. The lowest BCUT2D eigenvalue weighted by Gasteiger charge is -2.17. The summed E-state index contributed by atoms with van der Waals surface area (Å²) >= 11 is 0. The number of hydrogen-bond acceptors (Lipinski definition) is 2. The molecule has 0 aliphatic carbocycles. The van der Waals surface area contributed by atoms with Crippen LogP contribution in [0.15, 0.2) is 48.5 Å². The average molecular weight is 263 g/mol. The van der Waals surface area contributed by atoms with E-state index in [1.165, 1.54) is 0 Å². The van der Waals surface area contributed by atoms with Crippen LogP contribution in [-0.2, 0) is 0 Å².